The van der Waals surface area contributed by atoms with Crippen molar-refractivity contribution in [1.82, 2.24) is 62.1 Å². The van der Waals surface area contributed by atoms with Crippen LogP contribution < -0.4 is 59.7 Å². The molecule has 6 fully saturated rings. The predicted molar refractivity (Wildman–Crippen MR) is 336 cm³/mol. The maximum Gasteiger partial charge on any atom is 0.246 e. The number of hydrogen-bond acceptors (Lipinski definition) is 25. The van der Waals surface area contributed by atoms with Crippen molar-refractivity contribution in [2.24, 2.45) is 22.2 Å². The molecule has 21 N–H and O–H groups in total. The third-order valence-electron chi connectivity index (χ3n) is 18.2. The summed E-state index contributed by atoms with van der Waals surface area (Å²) in [5.41, 5.74) is 16.2. The number of aliphatic imine (C=N–C) groups is 1. The number of nitrogens with one attached hydrogen (secondary N) is 8. The van der Waals surface area contributed by atoms with E-state index >= 15 is 0 Å². The molecular formula is C59H98N16O23. The largest absolute Gasteiger partial charge is 0.394 e. The quantitative estimate of drug-likeness (QED) is 0.0174. The Morgan fingerprint density at radius 3 is 1.64 bits per heavy atom. The van der Waals surface area contributed by atoms with E-state index in [0.717, 1.165) is 6.92 Å². The lowest BCUT2D eigenvalue weighted by Crippen LogP contribution is -2.69. The Morgan fingerprint density at radius 2 is 1.09 bits per heavy atom. The van der Waals surface area contributed by atoms with Gasteiger partial charge in [-0.1, -0.05) is 0 Å². The molecular weight excluding hydrogens is 1300 g/mol. The van der Waals surface area contributed by atoms with Gasteiger partial charge in [0.2, 0.25) is 70.9 Å². The monoisotopic (exact) mass is 1400 g/mol. The third kappa shape index (κ3) is 19.9. The summed E-state index contributed by atoms with van der Waals surface area (Å²) in [5.74, 6) is -9.60. The van der Waals surface area contributed by atoms with E-state index in [1.54, 1.807) is 7.05 Å². The molecule has 98 heavy (non-hydrogen) atoms. The number of nitrogens with zero attached hydrogens (tertiary/aromatic N) is 5. The minimum absolute atomic E-state index is 0.0235. The van der Waals surface area contributed by atoms with Gasteiger partial charge in [-0.05, 0) is 99.0 Å². The second-order valence-corrected chi connectivity index (χ2v) is 25.2. The second-order valence-electron chi connectivity index (χ2n) is 25.2. The number of hydrogen-bond donors (Lipinski definition) is 18. The van der Waals surface area contributed by atoms with E-state index in [2.05, 4.69) is 47.5 Å². The summed E-state index contributed by atoms with van der Waals surface area (Å²) < 4.78 is 23.5. The molecule has 6 rings (SSSR count). The molecule has 0 radical (unpaired) electrons. The first-order valence-corrected chi connectivity index (χ1v) is 32.9. The predicted octanol–water partition coefficient (Wildman–Crippen LogP) is -11.2. The van der Waals surface area contributed by atoms with Gasteiger partial charge in [0.25, 0.3) is 0 Å². The van der Waals surface area contributed by atoms with Crippen LogP contribution in [0.2, 0.25) is 0 Å². The van der Waals surface area contributed by atoms with Crippen molar-refractivity contribution < 1.29 is 112 Å². The highest BCUT2D eigenvalue weighted by molar-refractivity contribution is 5.99. The minimum Gasteiger partial charge on any atom is -0.394 e. The van der Waals surface area contributed by atoms with Crippen LogP contribution in [0.3, 0.4) is 0 Å². The Balaban J connectivity index is 1.16. The average Bonchev–Trinajstić information content (AvgIpc) is 1.02. The molecule has 39 nitrogen and oxygen atoms in total. The Hall–Kier alpha value is -7.57. The Kier molecular flexibility index (Phi) is 29.6. The molecule has 6 saturated heterocycles. The number of primary amides is 1. The number of aliphatic hydroxyl groups is 7. The van der Waals surface area contributed by atoms with Crippen LogP contribution in [-0.4, -0.2) is 326 Å². The number of likely N-dealkylation sites (tertiary alicyclic amines) is 4. The van der Waals surface area contributed by atoms with E-state index in [1.807, 2.05) is 0 Å². The third-order valence-corrected chi connectivity index (χ3v) is 18.2. The molecule has 6 aliphatic heterocycles. The Labute approximate surface area is 564 Å². The highest BCUT2D eigenvalue weighted by atomic mass is 16.7. The number of carbonyl (C=O) groups excluding carboxylic acids is 12. The van der Waals surface area contributed by atoms with E-state index in [4.69, 9.17) is 36.1 Å². The molecule has 0 saturated carbocycles. The van der Waals surface area contributed by atoms with Crippen molar-refractivity contribution in [1.29, 1.82) is 0 Å². The normalized spacial score (nSPS) is 29.2. The van der Waals surface area contributed by atoms with Crippen LogP contribution in [0.1, 0.15) is 98.8 Å². The lowest BCUT2D eigenvalue weighted by molar-refractivity contribution is -0.347. The van der Waals surface area contributed by atoms with E-state index in [9.17, 15) is 93.3 Å². The van der Waals surface area contributed by atoms with Gasteiger partial charge in [-0.2, -0.15) is 0 Å². The van der Waals surface area contributed by atoms with E-state index < -0.39 is 219 Å². The zero-order valence-electron chi connectivity index (χ0n) is 55.7. The number of guanidine groups is 1. The molecule has 0 aromatic rings. The van der Waals surface area contributed by atoms with Crippen LogP contribution in [0.5, 0.6) is 0 Å². The van der Waals surface area contributed by atoms with Crippen LogP contribution in [0.25, 0.3) is 0 Å². The van der Waals surface area contributed by atoms with Gasteiger partial charge in [-0.15, -0.1) is 0 Å². The second kappa shape index (κ2) is 36.5. The van der Waals surface area contributed by atoms with Gasteiger partial charge >= 0.3 is 0 Å². The number of amides is 12. The fraction of sp³-hybridized carbons (Fsp3) is 0.780. The highest BCUT2D eigenvalue weighted by Gasteiger charge is 2.53. The number of rotatable bonds is 31. The van der Waals surface area contributed by atoms with Crippen LogP contribution in [0.15, 0.2) is 4.99 Å². The van der Waals surface area contributed by atoms with Gasteiger partial charge in [-0.25, -0.2) is 0 Å². The number of ether oxygens (including phenoxy) is 4. The maximum atomic E-state index is 14.7. The fourth-order valence-corrected chi connectivity index (χ4v) is 12.8. The molecule has 21 atom stereocenters. The number of aliphatic hydroxyl groups excluding tert-OH is 7. The molecule has 552 valence electrons. The molecule has 15 unspecified atom stereocenters. The molecule has 0 bridgehead atoms. The number of nitrogens with two attached hydrogens (primary N) is 3. The summed E-state index contributed by atoms with van der Waals surface area (Å²) in [7, 11) is 1.61. The minimum atomic E-state index is -2.05. The summed E-state index contributed by atoms with van der Waals surface area (Å²) in [6.45, 7) is 3.26. The van der Waals surface area contributed by atoms with Crippen molar-refractivity contribution in [3.05, 3.63) is 0 Å². The van der Waals surface area contributed by atoms with Crippen LogP contribution in [0.4, 0.5) is 0 Å². The molecule has 0 aliphatic carbocycles. The summed E-state index contributed by atoms with van der Waals surface area (Å²) >= 11 is 0. The van der Waals surface area contributed by atoms with Crippen LogP contribution >= 0.6 is 0 Å². The van der Waals surface area contributed by atoms with Crippen molar-refractivity contribution in [3.63, 3.8) is 0 Å². The molecule has 0 aromatic carbocycles. The van der Waals surface area contributed by atoms with Gasteiger partial charge in [0.15, 0.2) is 18.5 Å². The highest BCUT2D eigenvalue weighted by Crippen LogP contribution is 2.32. The lowest BCUT2D eigenvalue weighted by atomic mass is 9.95. The smallest absolute Gasteiger partial charge is 0.246 e. The van der Waals surface area contributed by atoms with Gasteiger partial charge in [0.05, 0.1) is 38.5 Å². The molecule has 6 heterocycles. The van der Waals surface area contributed by atoms with Gasteiger partial charge in [0.1, 0.15) is 103 Å². The summed E-state index contributed by atoms with van der Waals surface area (Å²) in [6.07, 6.45) is -15.0. The first kappa shape index (κ1) is 79.4. The number of carbonyl (C=O) groups is 12. The van der Waals surface area contributed by atoms with E-state index in [1.165, 1.54) is 47.3 Å². The molecule has 39 heteroatoms. The van der Waals surface area contributed by atoms with E-state index in [0.29, 0.717) is 58.0 Å². The van der Waals surface area contributed by atoms with Gasteiger partial charge in [0, 0.05) is 39.6 Å². The van der Waals surface area contributed by atoms with Crippen LogP contribution in [0, 0.1) is 0 Å². The molecule has 6 aliphatic rings. The average molecular weight is 1400 g/mol. The van der Waals surface area contributed by atoms with Crippen molar-refractivity contribution in [2.75, 3.05) is 66.1 Å². The zero-order chi connectivity index (χ0) is 72.6. The van der Waals surface area contributed by atoms with Crippen molar-refractivity contribution in [2.45, 2.75) is 227 Å². The van der Waals surface area contributed by atoms with Crippen molar-refractivity contribution >= 4 is 76.8 Å². The first-order valence-electron chi connectivity index (χ1n) is 32.9. The molecule has 12 amide bonds. The van der Waals surface area contributed by atoms with E-state index in [-0.39, 0.29) is 50.8 Å². The molecule has 0 aromatic heterocycles. The van der Waals surface area contributed by atoms with Gasteiger partial charge < -0.3 is 134 Å². The zero-order valence-corrected chi connectivity index (χ0v) is 55.7. The fourth-order valence-electron chi connectivity index (χ4n) is 12.8. The number of likely N-dealkylation sites (N-methyl/N-ethyl adjacent to an activating group) is 1. The van der Waals surface area contributed by atoms with Crippen molar-refractivity contribution in [3.8, 4) is 0 Å². The standard InChI is InChI=1S/C59H98N16O23/c1-26(47(60)85)66-50(88)35-15-10-20-74(35)56(94)36-16-11-21-75(36)54(92)28(3)68-52(90)40(29(4)95-57-41(69-30(5)79)46(43(82)38(25-78)96-57)98-58-45(84)44(83)42(81)37(24-77)97-58)71-48(86)32(23-76)70-39(80)22-65-49(87)33-13-8-18-72(33)53(91)27(2)67-51(89)34-14-9-19-73(34)55(93)31(63-6)12-7-17-64-59(61)62/h26-29,31-38,40-46,57-58,63,76-78,81-84H,7-25H2,1-6H3,(H2,60,85)(H,65,87)(H,66,88)(H,67,89)(H,68,90)(H,69,79)(H,70,80)(H,71,86)(H4,61,62,64)/t26?,27?,28?,29?,31?,32?,33?,34?,35?,36?,37?,38?,40?,41-,42+,43+,44?,45-,46?,57-,58+/m1/s1. The summed E-state index contributed by atoms with van der Waals surface area (Å²) in [5, 5.41) is 94.3. The van der Waals surface area contributed by atoms with Gasteiger partial charge in [-0.3, -0.25) is 62.5 Å². The summed E-state index contributed by atoms with van der Waals surface area (Å²) in [4.78, 5) is 173. The summed E-state index contributed by atoms with van der Waals surface area (Å²) in [6, 6.07) is -14.1. The van der Waals surface area contributed by atoms with Crippen LogP contribution in [-0.2, 0) is 76.5 Å². The maximum absolute atomic E-state index is 14.7. The lowest BCUT2D eigenvalue weighted by Gasteiger charge is -2.48. The molecule has 0 spiro atoms. The topological polar surface area (TPSA) is 583 Å². The Bertz CT molecular complexity index is 2880. The Morgan fingerprint density at radius 1 is 0.582 bits per heavy atom. The SMILES string of the molecule is CNC(CCCN=C(N)N)C(=O)N1CCCC1C(=O)NC(C)C(=O)N1CCCC1C(=O)NCC(=O)NC(CO)C(=O)NC(C(=O)NC(C)C(=O)N1CCCC1C(=O)N1CCCC1C(=O)NC(C)C(N)=O)C(C)O[C@@H]1OC(CO)[C@H](O)C(O[C@@H]2OC(CO)[C@H](O)C(O)[C@H]2O)[C@H]1NC(C)=O. The first-order chi connectivity index (χ1) is 46.4.